The van der Waals surface area contributed by atoms with Gasteiger partial charge in [-0.05, 0) is 51.1 Å². The standard InChI is InChI=1S/C19H20F3N3O3S3/c1-4-23-13-8-7-12(31(27,28)19(20,21)22)11-14(13)24(5-2)16(23)10-9-15-17(26)25(6-3)18(29)30-15/h7-11H,4-6H2,1-3H3/b15-9-,16-10+. The normalized spacial score (nSPS) is 19.9. The minimum Gasteiger partial charge on any atom is -0.326 e. The number of halogens is 3. The van der Waals surface area contributed by atoms with E-state index in [2.05, 4.69) is 0 Å². The van der Waals surface area contributed by atoms with E-state index >= 15 is 0 Å². The van der Waals surface area contributed by atoms with Crippen LogP contribution >= 0.6 is 24.0 Å². The number of allylic oxidation sites excluding steroid dienone is 2. The lowest BCUT2D eigenvalue weighted by atomic mass is 10.2. The fraction of sp³-hybridized carbons (Fsp3) is 0.368. The van der Waals surface area contributed by atoms with Crippen LogP contribution in [0.2, 0.25) is 0 Å². The highest BCUT2D eigenvalue weighted by Gasteiger charge is 2.47. The first kappa shape index (κ1) is 23.6. The Morgan fingerprint density at radius 1 is 1.00 bits per heavy atom. The van der Waals surface area contributed by atoms with E-state index in [-0.39, 0.29) is 5.91 Å². The van der Waals surface area contributed by atoms with Crippen LogP contribution < -0.4 is 9.80 Å². The maximum atomic E-state index is 13.0. The summed E-state index contributed by atoms with van der Waals surface area (Å²) >= 11 is 6.39. The average Bonchev–Trinajstić information content (AvgIpc) is 3.16. The first-order chi connectivity index (χ1) is 14.5. The van der Waals surface area contributed by atoms with Crippen LogP contribution in [0, 0.1) is 0 Å². The van der Waals surface area contributed by atoms with Crippen molar-refractivity contribution in [3.8, 4) is 0 Å². The van der Waals surface area contributed by atoms with Gasteiger partial charge < -0.3 is 9.80 Å². The molecule has 2 aliphatic rings. The van der Waals surface area contributed by atoms with Crippen molar-refractivity contribution in [3.63, 3.8) is 0 Å². The van der Waals surface area contributed by atoms with E-state index < -0.39 is 20.2 Å². The summed E-state index contributed by atoms with van der Waals surface area (Å²) in [5.41, 5.74) is -4.43. The van der Waals surface area contributed by atoms with E-state index in [1.165, 1.54) is 22.7 Å². The van der Waals surface area contributed by atoms with E-state index in [0.717, 1.165) is 12.1 Å². The molecule has 0 N–H and O–H groups in total. The molecule has 1 aromatic carbocycles. The van der Waals surface area contributed by atoms with E-state index in [4.69, 9.17) is 12.2 Å². The van der Waals surface area contributed by atoms with Gasteiger partial charge in [-0.15, -0.1) is 0 Å². The summed E-state index contributed by atoms with van der Waals surface area (Å²) in [5, 5.41) is 0. The number of thiocarbonyl (C=S) groups is 1. The quantitative estimate of drug-likeness (QED) is 0.451. The van der Waals surface area contributed by atoms with E-state index in [1.54, 1.807) is 24.0 Å². The van der Waals surface area contributed by atoms with Crippen molar-refractivity contribution in [3.05, 3.63) is 41.1 Å². The van der Waals surface area contributed by atoms with E-state index in [1.807, 2.05) is 18.7 Å². The highest BCUT2D eigenvalue weighted by Crippen LogP contribution is 2.44. The van der Waals surface area contributed by atoms with Crippen molar-refractivity contribution in [1.82, 2.24) is 4.90 Å². The number of anilines is 2. The smallest absolute Gasteiger partial charge is 0.326 e. The summed E-state index contributed by atoms with van der Waals surface area (Å²) in [7, 11) is -5.46. The fourth-order valence-corrected chi connectivity index (χ4v) is 5.53. The molecule has 0 aliphatic carbocycles. The molecule has 1 aromatic rings. The molecule has 2 aliphatic heterocycles. The van der Waals surface area contributed by atoms with Crippen molar-refractivity contribution >= 4 is 55.4 Å². The minimum atomic E-state index is -5.46. The van der Waals surface area contributed by atoms with Crippen LogP contribution in [-0.4, -0.2) is 48.7 Å². The molecule has 1 fully saturated rings. The van der Waals surface area contributed by atoms with Gasteiger partial charge >= 0.3 is 5.51 Å². The molecule has 0 spiro atoms. The Morgan fingerprint density at radius 3 is 2.10 bits per heavy atom. The first-order valence-corrected chi connectivity index (χ1v) is 12.1. The van der Waals surface area contributed by atoms with Crippen molar-refractivity contribution in [1.29, 1.82) is 0 Å². The summed E-state index contributed by atoms with van der Waals surface area (Å²) in [6.07, 6.45) is 3.34. The second kappa shape index (κ2) is 8.47. The Kier molecular flexibility index (Phi) is 6.45. The highest BCUT2D eigenvalue weighted by molar-refractivity contribution is 8.26. The third-order valence-electron chi connectivity index (χ3n) is 4.90. The topological polar surface area (TPSA) is 60.9 Å². The Labute approximate surface area is 188 Å². The number of carbonyl (C=O) groups is 1. The summed E-state index contributed by atoms with van der Waals surface area (Å²) in [6.45, 7) is 6.83. The molecule has 1 amide bonds. The highest BCUT2D eigenvalue weighted by atomic mass is 32.2. The van der Waals surface area contributed by atoms with Gasteiger partial charge in [0.25, 0.3) is 15.7 Å². The largest absolute Gasteiger partial charge is 0.501 e. The Hall–Kier alpha value is -2.05. The molecule has 0 radical (unpaired) electrons. The lowest BCUT2D eigenvalue weighted by Gasteiger charge is -2.23. The third-order valence-corrected chi connectivity index (χ3v) is 7.78. The van der Waals surface area contributed by atoms with Crippen molar-refractivity contribution in [2.75, 3.05) is 29.4 Å². The Bertz CT molecular complexity index is 1100. The Morgan fingerprint density at radius 2 is 1.58 bits per heavy atom. The maximum Gasteiger partial charge on any atom is 0.501 e. The number of sulfone groups is 1. The van der Waals surface area contributed by atoms with Crippen LogP contribution in [0.15, 0.2) is 46.0 Å². The zero-order valence-electron chi connectivity index (χ0n) is 16.9. The number of amides is 1. The molecule has 0 bridgehead atoms. The maximum absolute atomic E-state index is 13.0. The SMILES string of the molecule is CCN1C(=O)/C(=C/C=C2\N(CC)c3ccc(S(=O)(=O)C(F)(F)F)cc3N2CC)SC1=S. The summed E-state index contributed by atoms with van der Waals surface area (Å²) < 4.78 is 63.2. The van der Waals surface area contributed by atoms with Crippen molar-refractivity contribution < 1.29 is 26.4 Å². The minimum absolute atomic E-state index is 0.200. The van der Waals surface area contributed by atoms with E-state index in [0.29, 0.717) is 46.1 Å². The summed E-state index contributed by atoms with van der Waals surface area (Å²) in [4.78, 5) is 17.1. The molecule has 0 aromatic heterocycles. The predicted octanol–water partition coefficient (Wildman–Crippen LogP) is 4.25. The number of thioether (sulfide) groups is 1. The number of benzene rings is 1. The second-order valence-corrected chi connectivity index (χ2v) is 10.2. The number of hydrogen-bond donors (Lipinski definition) is 0. The van der Waals surface area contributed by atoms with Crippen LogP contribution in [0.25, 0.3) is 0 Å². The monoisotopic (exact) mass is 491 g/mol. The molecule has 0 saturated carbocycles. The van der Waals surface area contributed by atoms with Gasteiger partial charge in [-0.25, -0.2) is 8.42 Å². The number of alkyl halides is 3. The number of rotatable bonds is 5. The average molecular weight is 492 g/mol. The van der Waals surface area contributed by atoms with Gasteiger partial charge in [0, 0.05) is 19.6 Å². The van der Waals surface area contributed by atoms with Crippen molar-refractivity contribution in [2.24, 2.45) is 0 Å². The van der Waals surface area contributed by atoms with Gasteiger partial charge in [-0.3, -0.25) is 9.69 Å². The zero-order chi connectivity index (χ0) is 23.1. The predicted molar refractivity (Wildman–Crippen MR) is 119 cm³/mol. The number of hydrogen-bond acceptors (Lipinski definition) is 7. The lowest BCUT2D eigenvalue weighted by molar-refractivity contribution is -0.122. The first-order valence-electron chi connectivity index (χ1n) is 9.44. The molecule has 0 unspecified atom stereocenters. The van der Waals surface area contributed by atoms with Gasteiger partial charge in [0.2, 0.25) is 0 Å². The van der Waals surface area contributed by atoms with E-state index in [9.17, 15) is 26.4 Å². The van der Waals surface area contributed by atoms with Crippen LogP contribution in [-0.2, 0) is 14.6 Å². The molecule has 168 valence electrons. The molecule has 3 rings (SSSR count). The summed E-state index contributed by atoms with van der Waals surface area (Å²) in [5.74, 6) is 0.429. The van der Waals surface area contributed by atoms with Gasteiger partial charge in [-0.1, -0.05) is 24.0 Å². The zero-order valence-corrected chi connectivity index (χ0v) is 19.4. The van der Waals surface area contributed by atoms with Crippen LogP contribution in [0.4, 0.5) is 24.5 Å². The number of carbonyl (C=O) groups excluding carboxylic acids is 1. The molecule has 1 saturated heterocycles. The van der Waals surface area contributed by atoms with Gasteiger partial charge in [0.15, 0.2) is 0 Å². The van der Waals surface area contributed by atoms with Gasteiger partial charge in [0.1, 0.15) is 10.1 Å². The second-order valence-electron chi connectivity index (χ2n) is 6.56. The Balaban J connectivity index is 2.06. The lowest BCUT2D eigenvalue weighted by Crippen LogP contribution is -2.28. The van der Waals surface area contributed by atoms with Crippen LogP contribution in [0.5, 0.6) is 0 Å². The molecule has 0 atom stereocenters. The van der Waals surface area contributed by atoms with Crippen LogP contribution in [0.3, 0.4) is 0 Å². The van der Waals surface area contributed by atoms with Gasteiger partial charge in [0.05, 0.1) is 21.2 Å². The molecular formula is C19H20F3N3O3S3. The molecule has 2 heterocycles. The third kappa shape index (κ3) is 3.96. The fourth-order valence-electron chi connectivity index (χ4n) is 3.42. The summed E-state index contributed by atoms with van der Waals surface area (Å²) in [6, 6.07) is 3.38. The molecule has 12 heteroatoms. The number of fused-ring (bicyclic) bond motifs is 1. The van der Waals surface area contributed by atoms with Crippen LogP contribution in [0.1, 0.15) is 20.8 Å². The number of nitrogens with zero attached hydrogens (tertiary/aromatic N) is 3. The molecule has 31 heavy (non-hydrogen) atoms. The molecular weight excluding hydrogens is 471 g/mol. The number of likely N-dealkylation sites (N-methyl/N-ethyl adjacent to an activating group) is 1. The molecule has 6 nitrogen and oxygen atoms in total. The van der Waals surface area contributed by atoms with Gasteiger partial charge in [-0.2, -0.15) is 13.2 Å². The van der Waals surface area contributed by atoms with Crippen molar-refractivity contribution in [2.45, 2.75) is 31.2 Å².